The minimum Gasteiger partial charge on any atom is -0.289 e. The van der Waals surface area contributed by atoms with E-state index >= 15 is 0 Å². The van der Waals surface area contributed by atoms with Crippen molar-refractivity contribution in [2.24, 2.45) is 0 Å². The van der Waals surface area contributed by atoms with Crippen molar-refractivity contribution in [2.45, 2.75) is 0 Å². The van der Waals surface area contributed by atoms with Crippen LogP contribution in [0.2, 0.25) is 0 Å². The van der Waals surface area contributed by atoms with Gasteiger partial charge in [-0.3, -0.25) is 14.9 Å². The molecule has 0 radical (unpaired) electrons. The van der Waals surface area contributed by atoms with Crippen molar-refractivity contribution in [3.8, 4) is 11.3 Å². The molecular formula is C11H8N4O. The Hall–Kier alpha value is -2.43. The van der Waals surface area contributed by atoms with E-state index in [1.54, 1.807) is 12.4 Å². The third kappa shape index (κ3) is 1.30. The van der Waals surface area contributed by atoms with Gasteiger partial charge in [0.1, 0.15) is 0 Å². The van der Waals surface area contributed by atoms with Crippen molar-refractivity contribution < 1.29 is 0 Å². The van der Waals surface area contributed by atoms with E-state index < -0.39 is 0 Å². The van der Waals surface area contributed by atoms with Crippen LogP contribution < -0.4 is 5.56 Å². The summed E-state index contributed by atoms with van der Waals surface area (Å²) in [5, 5.41) is 2.99. The highest BCUT2D eigenvalue weighted by Crippen LogP contribution is 2.16. The van der Waals surface area contributed by atoms with Gasteiger partial charge in [0.2, 0.25) is 0 Å². The second kappa shape index (κ2) is 3.30. The highest BCUT2D eigenvalue weighted by Gasteiger charge is 2.04. The third-order valence-electron chi connectivity index (χ3n) is 2.37. The number of aromatic amines is 1. The smallest absolute Gasteiger partial charge is 0.272 e. The van der Waals surface area contributed by atoms with Crippen LogP contribution in [0, 0.1) is 0 Å². The van der Waals surface area contributed by atoms with E-state index in [4.69, 9.17) is 0 Å². The molecule has 0 saturated carbocycles. The molecule has 0 atom stereocenters. The monoisotopic (exact) mass is 212 g/mol. The fourth-order valence-corrected chi connectivity index (χ4v) is 1.60. The average molecular weight is 212 g/mol. The van der Waals surface area contributed by atoms with E-state index in [2.05, 4.69) is 15.1 Å². The van der Waals surface area contributed by atoms with Crippen LogP contribution in [0.3, 0.4) is 0 Å². The normalized spacial score (nSPS) is 10.8. The fraction of sp³-hybridized carbons (Fsp3) is 0. The molecule has 5 nitrogen and oxygen atoms in total. The summed E-state index contributed by atoms with van der Waals surface area (Å²) in [5.74, 6) is 0. The Morgan fingerprint density at radius 1 is 1.12 bits per heavy atom. The molecule has 0 aliphatic carbocycles. The molecule has 3 heterocycles. The first-order valence-corrected chi connectivity index (χ1v) is 4.82. The maximum Gasteiger partial charge on any atom is 0.272 e. The van der Waals surface area contributed by atoms with Gasteiger partial charge in [-0.1, -0.05) is 0 Å². The molecule has 0 aromatic carbocycles. The van der Waals surface area contributed by atoms with Crippen molar-refractivity contribution in [3.05, 3.63) is 53.2 Å². The zero-order valence-corrected chi connectivity index (χ0v) is 8.29. The van der Waals surface area contributed by atoms with Crippen LogP contribution in [0.15, 0.2) is 47.7 Å². The standard InChI is InChI=1S/C11H8N4O/c16-11-3-6-13-10-7-9(14-15(10)11)8-1-4-12-5-2-8/h1-7,14H. The van der Waals surface area contributed by atoms with Crippen molar-refractivity contribution in [2.75, 3.05) is 0 Å². The van der Waals surface area contributed by atoms with E-state index in [9.17, 15) is 4.79 Å². The summed E-state index contributed by atoms with van der Waals surface area (Å²) in [5.41, 5.74) is 2.31. The molecule has 0 aliphatic heterocycles. The Balaban J connectivity index is 2.28. The summed E-state index contributed by atoms with van der Waals surface area (Å²) in [7, 11) is 0. The molecule has 3 rings (SSSR count). The first-order chi connectivity index (χ1) is 7.84. The average Bonchev–Trinajstić information content (AvgIpc) is 2.76. The third-order valence-corrected chi connectivity index (χ3v) is 2.37. The van der Waals surface area contributed by atoms with E-state index in [1.807, 2.05) is 18.2 Å². The second-order valence-corrected chi connectivity index (χ2v) is 3.38. The highest BCUT2D eigenvalue weighted by atomic mass is 16.1. The topological polar surface area (TPSA) is 63.0 Å². The maximum atomic E-state index is 11.5. The second-order valence-electron chi connectivity index (χ2n) is 3.38. The van der Waals surface area contributed by atoms with Crippen LogP contribution in [0.5, 0.6) is 0 Å². The number of pyridine rings is 1. The van der Waals surface area contributed by atoms with Crippen molar-refractivity contribution in [1.29, 1.82) is 0 Å². The molecule has 5 heteroatoms. The molecule has 0 amide bonds. The molecule has 3 aromatic heterocycles. The SMILES string of the molecule is O=c1ccnc2cc(-c3ccncc3)[nH]n12. The Labute approximate surface area is 90.4 Å². The van der Waals surface area contributed by atoms with Crippen molar-refractivity contribution >= 4 is 5.65 Å². The zero-order valence-electron chi connectivity index (χ0n) is 8.29. The van der Waals surface area contributed by atoms with Gasteiger partial charge in [0.05, 0.1) is 5.69 Å². The number of nitrogens with zero attached hydrogens (tertiary/aromatic N) is 3. The summed E-state index contributed by atoms with van der Waals surface area (Å²) < 4.78 is 1.41. The number of H-pyrrole nitrogens is 1. The lowest BCUT2D eigenvalue weighted by Crippen LogP contribution is -2.12. The molecule has 0 spiro atoms. The number of fused-ring (bicyclic) bond motifs is 1. The molecule has 0 unspecified atom stereocenters. The zero-order chi connectivity index (χ0) is 11.0. The number of hydrogen-bond donors (Lipinski definition) is 1. The first kappa shape index (κ1) is 8.84. The minimum atomic E-state index is -0.120. The fourth-order valence-electron chi connectivity index (χ4n) is 1.60. The molecule has 0 fully saturated rings. The summed E-state index contributed by atoms with van der Waals surface area (Å²) in [4.78, 5) is 19.6. The van der Waals surface area contributed by atoms with Gasteiger partial charge >= 0.3 is 0 Å². The van der Waals surface area contributed by atoms with Gasteiger partial charge in [0.15, 0.2) is 5.65 Å². The van der Waals surface area contributed by atoms with Crippen LogP contribution in [-0.2, 0) is 0 Å². The molecule has 78 valence electrons. The lowest BCUT2D eigenvalue weighted by Gasteiger charge is -1.94. The van der Waals surface area contributed by atoms with Gasteiger partial charge in [0, 0.05) is 36.3 Å². The number of rotatable bonds is 1. The summed E-state index contributed by atoms with van der Waals surface area (Å²) in [6.07, 6.45) is 4.91. The quantitative estimate of drug-likeness (QED) is 0.656. The van der Waals surface area contributed by atoms with Gasteiger partial charge in [0.25, 0.3) is 5.56 Å². The largest absolute Gasteiger partial charge is 0.289 e. The molecule has 0 saturated heterocycles. The maximum absolute atomic E-state index is 11.5. The molecule has 0 bridgehead atoms. The molecule has 1 N–H and O–H groups in total. The van der Waals surface area contributed by atoms with Crippen molar-refractivity contribution in [3.63, 3.8) is 0 Å². The predicted octanol–water partition coefficient (Wildman–Crippen LogP) is 1.08. The van der Waals surface area contributed by atoms with Gasteiger partial charge in [-0.05, 0) is 12.1 Å². The van der Waals surface area contributed by atoms with Crippen LogP contribution in [0.4, 0.5) is 0 Å². The van der Waals surface area contributed by atoms with E-state index in [-0.39, 0.29) is 5.56 Å². The number of aromatic nitrogens is 4. The van der Waals surface area contributed by atoms with Gasteiger partial charge in [-0.15, -0.1) is 0 Å². The van der Waals surface area contributed by atoms with Crippen LogP contribution in [0.25, 0.3) is 16.9 Å². The van der Waals surface area contributed by atoms with E-state index in [0.29, 0.717) is 5.65 Å². The molecule has 3 aromatic rings. The summed E-state index contributed by atoms with van der Waals surface area (Å²) in [6.45, 7) is 0. The minimum absolute atomic E-state index is 0.120. The predicted molar refractivity (Wildman–Crippen MR) is 59.0 cm³/mol. The van der Waals surface area contributed by atoms with E-state index in [0.717, 1.165) is 11.3 Å². The van der Waals surface area contributed by atoms with Crippen LogP contribution >= 0.6 is 0 Å². The highest BCUT2D eigenvalue weighted by molar-refractivity contribution is 5.63. The Bertz CT molecular complexity index is 684. The Morgan fingerprint density at radius 2 is 1.94 bits per heavy atom. The molecule has 0 aliphatic rings. The van der Waals surface area contributed by atoms with Gasteiger partial charge < -0.3 is 0 Å². The molecule has 16 heavy (non-hydrogen) atoms. The first-order valence-electron chi connectivity index (χ1n) is 4.82. The molecular weight excluding hydrogens is 204 g/mol. The lowest BCUT2D eigenvalue weighted by atomic mass is 10.2. The number of hydrogen-bond acceptors (Lipinski definition) is 3. The summed E-state index contributed by atoms with van der Waals surface area (Å²) >= 11 is 0. The number of nitrogens with one attached hydrogen (secondary N) is 1. The Kier molecular flexibility index (Phi) is 1.83. The van der Waals surface area contributed by atoms with Crippen LogP contribution in [-0.4, -0.2) is 19.6 Å². The Morgan fingerprint density at radius 3 is 2.69 bits per heavy atom. The van der Waals surface area contributed by atoms with Crippen LogP contribution in [0.1, 0.15) is 0 Å². The van der Waals surface area contributed by atoms with E-state index in [1.165, 1.54) is 16.8 Å². The van der Waals surface area contributed by atoms with Gasteiger partial charge in [-0.25, -0.2) is 9.50 Å². The lowest BCUT2D eigenvalue weighted by molar-refractivity contribution is 0.903. The van der Waals surface area contributed by atoms with Crippen molar-refractivity contribution in [1.82, 2.24) is 19.6 Å². The summed E-state index contributed by atoms with van der Waals surface area (Å²) in [6, 6.07) is 6.99. The van der Waals surface area contributed by atoms with Gasteiger partial charge in [-0.2, -0.15) is 0 Å².